The van der Waals surface area contributed by atoms with E-state index in [1.54, 1.807) is 18.2 Å². The maximum absolute atomic E-state index is 13.6. The third kappa shape index (κ3) is 8.80. The maximum atomic E-state index is 13.6. The van der Waals surface area contributed by atoms with Gasteiger partial charge in [0.15, 0.2) is 12.3 Å². The molecule has 4 rings (SSSR count). The van der Waals surface area contributed by atoms with E-state index in [0.717, 1.165) is 22.6 Å². The highest BCUT2D eigenvalue weighted by Crippen LogP contribution is 2.31. The number of carbonyl (C=O) groups is 2. The van der Waals surface area contributed by atoms with Gasteiger partial charge in [-0.3, -0.25) is 9.59 Å². The molecule has 4 aromatic rings. The van der Waals surface area contributed by atoms with Crippen LogP contribution in [-0.4, -0.2) is 52.5 Å². The summed E-state index contributed by atoms with van der Waals surface area (Å²) in [6.45, 7) is -1.94. The lowest BCUT2D eigenvalue weighted by Crippen LogP contribution is -2.35. The molecule has 0 aliphatic heterocycles. The number of hydrogen-bond acceptors (Lipinski definition) is 5. The van der Waals surface area contributed by atoms with Crippen LogP contribution in [0.2, 0.25) is 0 Å². The first-order valence-corrected chi connectivity index (χ1v) is 12.9. The zero-order valence-electron chi connectivity index (χ0n) is 22.4. The van der Waals surface area contributed by atoms with E-state index in [9.17, 15) is 35.9 Å². The normalized spacial score (nSPS) is 11.7. The lowest BCUT2D eigenvalue weighted by Gasteiger charge is -2.14. The van der Waals surface area contributed by atoms with Gasteiger partial charge in [0, 0.05) is 31.0 Å². The molecule has 0 fully saturated rings. The smallest absolute Gasteiger partial charge is 0.435 e. The number of ether oxygens (including phenoxy) is 1. The summed E-state index contributed by atoms with van der Waals surface area (Å²) < 4.78 is 84.6. The minimum Gasteiger partial charge on any atom is -0.468 e. The number of carbonyl (C=O) groups excluding carboxylic acids is 2. The van der Waals surface area contributed by atoms with E-state index < -0.39 is 42.0 Å². The molecule has 8 nitrogen and oxygen atoms in total. The van der Waals surface area contributed by atoms with E-state index >= 15 is 0 Å². The van der Waals surface area contributed by atoms with Gasteiger partial charge < -0.3 is 15.4 Å². The number of hydrogen-bond donors (Lipinski definition) is 2. The van der Waals surface area contributed by atoms with Crippen molar-refractivity contribution in [2.75, 3.05) is 19.7 Å². The Labute approximate surface area is 241 Å². The molecule has 2 aromatic heterocycles. The number of amides is 2. The number of nitrogens with zero attached hydrogens (tertiary/aromatic N) is 3. The van der Waals surface area contributed by atoms with Gasteiger partial charge in [0.25, 0.3) is 11.8 Å². The fourth-order valence-electron chi connectivity index (χ4n) is 4.02. The number of halogens is 6. The minimum atomic E-state index is -4.89. The molecule has 0 aliphatic carbocycles. The standard InChI is InChI=1S/C29H25F6N5O3/c30-28(31,32)18-43-27-20(12-11-19-7-3-1-4-8-19)15-21(16-38-27)25(41)36-13-14-37-26(42)23-17-40(22-9-5-2-6-10-22)39-24(23)29(33,34)35/h1-10,15-17H,11-14,18H2,(H,36,41)(H,37,42). The van der Waals surface area contributed by atoms with Crippen LogP contribution in [0.4, 0.5) is 26.3 Å². The van der Waals surface area contributed by atoms with Crippen LogP contribution in [0.15, 0.2) is 79.1 Å². The second-order valence-corrected chi connectivity index (χ2v) is 9.26. The Morgan fingerprint density at radius 1 is 0.837 bits per heavy atom. The van der Waals surface area contributed by atoms with E-state index in [1.165, 1.54) is 18.2 Å². The van der Waals surface area contributed by atoms with E-state index in [4.69, 9.17) is 4.74 Å². The van der Waals surface area contributed by atoms with Gasteiger partial charge in [0.05, 0.1) is 16.8 Å². The predicted octanol–water partition coefficient (Wildman–Crippen LogP) is 5.17. The van der Waals surface area contributed by atoms with Crippen LogP contribution in [0.3, 0.4) is 0 Å². The number of nitrogens with one attached hydrogen (secondary N) is 2. The molecule has 2 heterocycles. The lowest BCUT2D eigenvalue weighted by molar-refractivity contribution is -0.154. The summed E-state index contributed by atoms with van der Waals surface area (Å²) in [6, 6.07) is 18.5. The number of benzene rings is 2. The number of aromatic nitrogens is 3. The van der Waals surface area contributed by atoms with Crippen molar-refractivity contribution >= 4 is 11.8 Å². The molecule has 0 atom stereocenters. The van der Waals surface area contributed by atoms with Gasteiger partial charge in [0.1, 0.15) is 0 Å². The third-order valence-corrected chi connectivity index (χ3v) is 6.03. The summed E-state index contributed by atoms with van der Waals surface area (Å²) in [5.74, 6) is -1.95. The first-order chi connectivity index (χ1) is 20.4. The van der Waals surface area contributed by atoms with Gasteiger partial charge in [-0.25, -0.2) is 9.67 Å². The van der Waals surface area contributed by atoms with Crippen LogP contribution >= 0.6 is 0 Å². The molecule has 2 amide bonds. The molecular weight excluding hydrogens is 580 g/mol. The van der Waals surface area contributed by atoms with Gasteiger partial charge in [-0.1, -0.05) is 48.5 Å². The van der Waals surface area contributed by atoms with Crippen LogP contribution in [0, 0.1) is 0 Å². The fourth-order valence-corrected chi connectivity index (χ4v) is 4.02. The fraction of sp³-hybridized carbons (Fsp3) is 0.241. The van der Waals surface area contributed by atoms with Crippen molar-refractivity contribution in [1.82, 2.24) is 25.4 Å². The highest BCUT2D eigenvalue weighted by atomic mass is 19.4. The van der Waals surface area contributed by atoms with E-state index in [0.29, 0.717) is 12.1 Å². The van der Waals surface area contributed by atoms with Crippen LogP contribution < -0.4 is 15.4 Å². The molecule has 0 saturated heterocycles. The number of pyridine rings is 1. The zero-order valence-corrected chi connectivity index (χ0v) is 22.4. The predicted molar refractivity (Wildman–Crippen MR) is 143 cm³/mol. The van der Waals surface area contributed by atoms with E-state index in [2.05, 4.69) is 20.7 Å². The van der Waals surface area contributed by atoms with Crippen LogP contribution in [0.25, 0.3) is 5.69 Å². The highest BCUT2D eigenvalue weighted by Gasteiger charge is 2.39. The highest BCUT2D eigenvalue weighted by molar-refractivity contribution is 5.96. The lowest BCUT2D eigenvalue weighted by atomic mass is 10.0. The summed E-state index contributed by atoms with van der Waals surface area (Å²) in [4.78, 5) is 29.2. The first kappa shape index (κ1) is 31.1. The monoisotopic (exact) mass is 605 g/mol. The molecule has 0 unspecified atom stereocenters. The molecule has 14 heteroatoms. The molecule has 0 aliphatic rings. The molecule has 0 bridgehead atoms. The number of aryl methyl sites for hydroxylation is 2. The first-order valence-electron chi connectivity index (χ1n) is 12.9. The third-order valence-electron chi connectivity index (χ3n) is 6.03. The summed E-state index contributed by atoms with van der Waals surface area (Å²) >= 11 is 0. The Bertz CT molecular complexity index is 1540. The summed E-state index contributed by atoms with van der Waals surface area (Å²) in [5.41, 5.74) is -0.505. The number of rotatable bonds is 11. The van der Waals surface area contributed by atoms with Gasteiger partial charge in [-0.2, -0.15) is 31.4 Å². The van der Waals surface area contributed by atoms with E-state index in [-0.39, 0.29) is 36.5 Å². The van der Waals surface area contributed by atoms with Gasteiger partial charge >= 0.3 is 12.4 Å². The van der Waals surface area contributed by atoms with Crippen LogP contribution in [0.1, 0.15) is 37.5 Å². The number of alkyl halides is 6. The summed E-state index contributed by atoms with van der Waals surface area (Å²) in [6.07, 6.45) is -6.76. The topological polar surface area (TPSA) is 98.1 Å². The molecule has 226 valence electrons. The summed E-state index contributed by atoms with van der Waals surface area (Å²) in [5, 5.41) is 8.35. The van der Waals surface area contributed by atoms with E-state index in [1.807, 2.05) is 30.3 Å². The van der Waals surface area contributed by atoms with Gasteiger partial charge in [0.2, 0.25) is 5.88 Å². The quantitative estimate of drug-likeness (QED) is 0.182. The van der Waals surface area contributed by atoms with Gasteiger partial charge in [-0.05, 0) is 36.6 Å². The van der Waals surface area contributed by atoms with Crippen molar-refractivity contribution in [2.45, 2.75) is 25.2 Å². The average molecular weight is 606 g/mol. The van der Waals surface area contributed by atoms with Crippen molar-refractivity contribution in [2.24, 2.45) is 0 Å². The average Bonchev–Trinajstić information content (AvgIpc) is 3.45. The van der Waals surface area contributed by atoms with Gasteiger partial charge in [-0.15, -0.1) is 0 Å². The molecule has 0 spiro atoms. The van der Waals surface area contributed by atoms with Crippen molar-refractivity contribution in [3.8, 4) is 11.6 Å². The second kappa shape index (κ2) is 13.4. The molecule has 2 N–H and O–H groups in total. The van der Waals surface area contributed by atoms with Crippen molar-refractivity contribution in [3.05, 3.63) is 107 Å². The van der Waals surface area contributed by atoms with Crippen LogP contribution in [-0.2, 0) is 19.0 Å². The minimum absolute atomic E-state index is 0.0252. The largest absolute Gasteiger partial charge is 0.468 e. The zero-order chi connectivity index (χ0) is 31.0. The Morgan fingerprint density at radius 2 is 1.47 bits per heavy atom. The molecule has 2 aromatic carbocycles. The Hall–Kier alpha value is -4.88. The second-order valence-electron chi connectivity index (χ2n) is 9.26. The van der Waals surface area contributed by atoms with Crippen LogP contribution in [0.5, 0.6) is 5.88 Å². The SMILES string of the molecule is O=C(NCCNC(=O)c1cn(-c2ccccc2)nc1C(F)(F)F)c1cnc(OCC(F)(F)F)c(CCc2ccccc2)c1. The maximum Gasteiger partial charge on any atom is 0.435 e. The molecule has 0 radical (unpaired) electrons. The summed E-state index contributed by atoms with van der Waals surface area (Å²) in [7, 11) is 0. The molecule has 0 saturated carbocycles. The Balaban J connectivity index is 1.39. The van der Waals surface area contributed by atoms with Crippen molar-refractivity contribution in [3.63, 3.8) is 0 Å². The molecular formula is C29H25F6N5O3. The Morgan fingerprint density at radius 3 is 2.09 bits per heavy atom. The van der Waals surface area contributed by atoms with Crippen molar-refractivity contribution in [1.29, 1.82) is 0 Å². The van der Waals surface area contributed by atoms with Crippen molar-refractivity contribution < 1.29 is 40.7 Å². The number of para-hydroxylation sites is 1. The molecule has 43 heavy (non-hydrogen) atoms. The Kier molecular flexibility index (Phi) is 9.68.